The van der Waals surface area contributed by atoms with Crippen LogP contribution in [0, 0.1) is 5.82 Å². The molecule has 2 N–H and O–H groups in total. The zero-order valence-corrected chi connectivity index (χ0v) is 15.7. The Hall–Kier alpha value is -1.89. The van der Waals surface area contributed by atoms with Gasteiger partial charge in [0.05, 0.1) is 10.6 Å². The maximum Gasteiger partial charge on any atom is 1.00 e. The number of nitrogens with zero attached hydrogens (tertiary/aromatic N) is 1. The average molecular weight is 402 g/mol. The van der Waals surface area contributed by atoms with E-state index in [1.807, 2.05) is 0 Å². The van der Waals surface area contributed by atoms with Crippen molar-refractivity contribution in [3.8, 4) is 5.88 Å². The van der Waals surface area contributed by atoms with E-state index in [0.717, 1.165) is 25.5 Å². The fourth-order valence-electron chi connectivity index (χ4n) is 2.77. The van der Waals surface area contributed by atoms with Crippen LogP contribution < -0.4 is 15.4 Å². The van der Waals surface area contributed by atoms with Crippen LogP contribution in [-0.2, 0) is 0 Å². The summed E-state index contributed by atoms with van der Waals surface area (Å²) >= 11 is 5.91. The van der Waals surface area contributed by atoms with E-state index in [4.69, 9.17) is 16.3 Å². The van der Waals surface area contributed by atoms with Crippen molar-refractivity contribution in [2.24, 2.45) is 0 Å². The number of carbonyl (C=O) groups excluding carboxylic acids is 1. The molecule has 2 unspecified atom stereocenters. The minimum atomic E-state index is -0.494. The molecule has 1 aromatic heterocycles. The van der Waals surface area contributed by atoms with Crippen LogP contribution in [0.25, 0.3) is 0 Å². The van der Waals surface area contributed by atoms with Gasteiger partial charge in [-0.2, -0.15) is 4.98 Å². The maximum atomic E-state index is 13.1. The molecule has 1 saturated heterocycles. The summed E-state index contributed by atoms with van der Waals surface area (Å²) in [5.74, 6) is -0.136. The molecule has 3 rings (SSSR count). The van der Waals surface area contributed by atoms with E-state index in [1.54, 1.807) is 18.2 Å². The van der Waals surface area contributed by atoms with Crippen molar-refractivity contribution in [2.45, 2.75) is 31.9 Å². The molecule has 1 aliphatic rings. The highest BCUT2D eigenvalue weighted by Gasteiger charge is 2.20. The summed E-state index contributed by atoms with van der Waals surface area (Å²) in [6, 6.07) is 9.20. The molecular formula is C18H22Cl2FN3O2+2. The molecule has 1 amide bonds. The van der Waals surface area contributed by atoms with Crippen LogP contribution >= 0.6 is 24.0 Å². The Balaban J connectivity index is 0.00000243. The standard InChI is InChI=1S/C18H19ClFN3O2.ClH/c1-11-9-13(7-8-21-11)25-17-4-2-3-16(22-17)23-18(24)14-6-5-12(20)10-15(14)19;/h2-6,10-11,13,21H,7-9H2,1H3,(H,22,23,24);1H/p+2. The summed E-state index contributed by atoms with van der Waals surface area (Å²) in [5, 5.41) is 6.07. The third kappa shape index (κ3) is 5.30. The van der Waals surface area contributed by atoms with Gasteiger partial charge in [-0.3, -0.25) is 4.79 Å². The number of piperidine rings is 1. The summed E-state index contributed by atoms with van der Waals surface area (Å²) in [6.45, 7) is 3.03. The predicted molar refractivity (Wildman–Crippen MR) is 104 cm³/mol. The molecule has 2 aromatic rings. The fraction of sp³-hybridized carbons (Fsp3) is 0.333. The molecule has 2 heterocycles. The van der Waals surface area contributed by atoms with Crippen molar-refractivity contribution in [3.05, 3.63) is 52.8 Å². The number of aromatic nitrogens is 1. The minimum absolute atomic E-state index is 0. The van der Waals surface area contributed by atoms with Crippen LogP contribution in [0.4, 0.5) is 10.2 Å². The van der Waals surface area contributed by atoms with E-state index in [-0.39, 0.29) is 32.0 Å². The zero-order chi connectivity index (χ0) is 17.8. The molecule has 26 heavy (non-hydrogen) atoms. The number of amides is 1. The summed E-state index contributed by atoms with van der Waals surface area (Å²) in [4.78, 5) is 16.6. The molecule has 8 heteroatoms. The third-order valence-electron chi connectivity index (χ3n) is 4.00. The van der Waals surface area contributed by atoms with Gasteiger partial charge >= 0.3 is 2.85 Å². The number of rotatable bonds is 4. The number of halogens is 3. The molecule has 0 saturated carbocycles. The molecule has 2 atom stereocenters. The molecule has 0 bridgehead atoms. The third-order valence-corrected chi connectivity index (χ3v) is 4.32. The van der Waals surface area contributed by atoms with Gasteiger partial charge in [-0.25, -0.2) is 4.39 Å². The van der Waals surface area contributed by atoms with E-state index in [2.05, 4.69) is 22.5 Å². The van der Waals surface area contributed by atoms with Crippen LogP contribution in [0.1, 0.15) is 33.0 Å². The zero-order valence-electron chi connectivity index (χ0n) is 16.2. The SMILES string of the molecule is CC1CC(Oc2cccc(NC(=O)c3ccc(F)cc3Cl)n2)CCN1.Cl.[H+].[H+]. The van der Waals surface area contributed by atoms with E-state index in [0.29, 0.717) is 17.7 Å². The van der Waals surface area contributed by atoms with Crippen molar-refractivity contribution >= 4 is 35.7 Å². The van der Waals surface area contributed by atoms with Crippen LogP contribution in [0.15, 0.2) is 36.4 Å². The molecule has 0 aliphatic carbocycles. The molecule has 0 radical (unpaired) electrons. The first-order valence-corrected chi connectivity index (χ1v) is 8.52. The number of hydrogen-bond donors (Lipinski definition) is 2. The monoisotopic (exact) mass is 401 g/mol. The van der Waals surface area contributed by atoms with Crippen molar-refractivity contribution < 1.29 is 16.8 Å². The Labute approximate surface area is 165 Å². The Morgan fingerprint density at radius 3 is 2.96 bits per heavy atom. The quantitative estimate of drug-likeness (QED) is 0.801. The van der Waals surface area contributed by atoms with E-state index in [1.165, 1.54) is 12.1 Å². The van der Waals surface area contributed by atoms with Crippen LogP contribution in [-0.4, -0.2) is 29.6 Å². The van der Waals surface area contributed by atoms with Crippen LogP contribution in [0.2, 0.25) is 5.02 Å². The lowest BCUT2D eigenvalue weighted by molar-refractivity contribution is 0.102. The van der Waals surface area contributed by atoms with Gasteiger partial charge in [0.2, 0.25) is 5.88 Å². The number of carbonyl (C=O) groups is 1. The first-order chi connectivity index (χ1) is 12.0. The number of pyridine rings is 1. The molecule has 1 fully saturated rings. The number of anilines is 1. The minimum Gasteiger partial charge on any atom is -0.474 e. The largest absolute Gasteiger partial charge is 1.00 e. The second-order valence-corrected chi connectivity index (χ2v) is 6.47. The van der Waals surface area contributed by atoms with Gasteiger partial charge in [0.15, 0.2) is 0 Å². The van der Waals surface area contributed by atoms with Crippen LogP contribution in [0.3, 0.4) is 0 Å². The lowest BCUT2D eigenvalue weighted by Crippen LogP contribution is -2.40. The number of ether oxygens (including phenoxy) is 1. The van der Waals surface area contributed by atoms with E-state index < -0.39 is 11.7 Å². The van der Waals surface area contributed by atoms with Gasteiger partial charge in [0.25, 0.3) is 5.91 Å². The molecule has 0 spiro atoms. The second-order valence-electron chi connectivity index (χ2n) is 6.06. The van der Waals surface area contributed by atoms with Crippen molar-refractivity contribution in [2.75, 3.05) is 11.9 Å². The second kappa shape index (κ2) is 9.16. The van der Waals surface area contributed by atoms with Gasteiger partial charge < -0.3 is 15.4 Å². The van der Waals surface area contributed by atoms with Gasteiger partial charge in [0.1, 0.15) is 17.7 Å². The Bertz CT molecular complexity index is 786. The summed E-state index contributed by atoms with van der Waals surface area (Å²) in [5.41, 5.74) is 0.184. The normalized spacial score (nSPS) is 19.3. The lowest BCUT2D eigenvalue weighted by atomic mass is 10.0. The first-order valence-electron chi connectivity index (χ1n) is 8.15. The van der Waals surface area contributed by atoms with E-state index >= 15 is 0 Å². The smallest absolute Gasteiger partial charge is 0.474 e. The van der Waals surface area contributed by atoms with Crippen molar-refractivity contribution in [3.63, 3.8) is 0 Å². The number of hydrogen-bond acceptors (Lipinski definition) is 4. The topological polar surface area (TPSA) is 63.2 Å². The number of benzene rings is 1. The molecule has 1 aromatic carbocycles. The first kappa shape index (κ1) is 20.4. The molecule has 140 valence electrons. The molecule has 1 aliphatic heterocycles. The Kier molecular flexibility index (Phi) is 7.20. The maximum absolute atomic E-state index is 13.1. The predicted octanol–water partition coefficient (Wildman–Crippen LogP) is 4.29. The fourth-order valence-corrected chi connectivity index (χ4v) is 3.02. The van der Waals surface area contributed by atoms with Gasteiger partial charge in [-0.15, -0.1) is 12.4 Å². The van der Waals surface area contributed by atoms with E-state index in [9.17, 15) is 9.18 Å². The van der Waals surface area contributed by atoms with Gasteiger partial charge in [0, 0.05) is 12.1 Å². The summed E-state index contributed by atoms with van der Waals surface area (Å²) in [6.07, 6.45) is 1.92. The summed E-state index contributed by atoms with van der Waals surface area (Å²) in [7, 11) is 0. The average Bonchev–Trinajstić information content (AvgIpc) is 2.55. The highest BCUT2D eigenvalue weighted by atomic mass is 35.5. The van der Waals surface area contributed by atoms with Crippen molar-refractivity contribution in [1.82, 2.24) is 10.3 Å². The molecule has 5 nitrogen and oxygen atoms in total. The molecular weight excluding hydrogens is 380 g/mol. The highest BCUT2D eigenvalue weighted by molar-refractivity contribution is 6.34. The van der Waals surface area contributed by atoms with Gasteiger partial charge in [-0.1, -0.05) is 17.7 Å². The van der Waals surface area contributed by atoms with Crippen molar-refractivity contribution in [1.29, 1.82) is 0 Å². The number of nitrogens with one attached hydrogen (secondary N) is 2. The van der Waals surface area contributed by atoms with Gasteiger partial charge in [-0.05, 0) is 50.6 Å². The lowest BCUT2D eigenvalue weighted by Gasteiger charge is -2.28. The van der Waals surface area contributed by atoms with Crippen LogP contribution in [0.5, 0.6) is 5.88 Å². The Morgan fingerprint density at radius 1 is 1.42 bits per heavy atom. The summed E-state index contributed by atoms with van der Waals surface area (Å²) < 4.78 is 19.0. The Morgan fingerprint density at radius 2 is 2.23 bits per heavy atom. The highest BCUT2D eigenvalue weighted by Crippen LogP contribution is 2.21.